The number of hydrogen-bond donors (Lipinski definition) is 0. The summed E-state index contributed by atoms with van der Waals surface area (Å²) in [5, 5.41) is 0.707. The molecule has 0 spiro atoms. The maximum Gasteiger partial charge on any atom is 0.151 e. The quantitative estimate of drug-likeness (QED) is 0.801. The molecule has 0 N–H and O–H groups in total. The summed E-state index contributed by atoms with van der Waals surface area (Å²) in [5.41, 5.74) is 2.23. The number of sulfone groups is 1. The Kier molecular flexibility index (Phi) is 4.74. The van der Waals surface area contributed by atoms with E-state index in [9.17, 15) is 8.42 Å². The van der Waals surface area contributed by atoms with Crippen LogP contribution in [0.1, 0.15) is 17.5 Å². The molecule has 1 fully saturated rings. The van der Waals surface area contributed by atoms with Crippen molar-refractivity contribution in [2.24, 2.45) is 0 Å². The molecule has 20 heavy (non-hydrogen) atoms. The Labute approximate surface area is 125 Å². The molecule has 0 radical (unpaired) electrons. The fourth-order valence-electron chi connectivity index (χ4n) is 2.55. The maximum absolute atomic E-state index is 11.6. The Morgan fingerprint density at radius 2 is 2.25 bits per heavy atom. The summed E-state index contributed by atoms with van der Waals surface area (Å²) in [6.45, 7) is 3.12. The van der Waals surface area contributed by atoms with Gasteiger partial charge in [-0.15, -0.1) is 6.42 Å². The van der Waals surface area contributed by atoms with Crippen LogP contribution in [0, 0.1) is 19.3 Å². The van der Waals surface area contributed by atoms with Gasteiger partial charge in [-0.1, -0.05) is 23.6 Å². The van der Waals surface area contributed by atoms with Crippen molar-refractivity contribution < 1.29 is 8.42 Å². The van der Waals surface area contributed by atoms with Crippen LogP contribution in [0.4, 0.5) is 0 Å². The van der Waals surface area contributed by atoms with Crippen LogP contribution < -0.4 is 0 Å². The summed E-state index contributed by atoms with van der Waals surface area (Å²) in [4.78, 5) is 2.07. The van der Waals surface area contributed by atoms with E-state index in [0.29, 0.717) is 24.5 Å². The Morgan fingerprint density at radius 1 is 1.50 bits per heavy atom. The highest BCUT2D eigenvalue weighted by Crippen LogP contribution is 2.22. The summed E-state index contributed by atoms with van der Waals surface area (Å²) in [5.74, 6) is 3.10. The van der Waals surface area contributed by atoms with Crippen molar-refractivity contribution >= 4 is 21.4 Å². The SMILES string of the molecule is C#CCN(Cc1ccc(Cl)cc1C)[C@@H]1CCS(=O)(=O)C1. The topological polar surface area (TPSA) is 37.4 Å². The van der Waals surface area contributed by atoms with Crippen LogP contribution in [0.25, 0.3) is 0 Å². The van der Waals surface area contributed by atoms with Gasteiger partial charge in [-0.25, -0.2) is 8.42 Å². The van der Waals surface area contributed by atoms with Gasteiger partial charge in [-0.3, -0.25) is 4.90 Å². The average molecular weight is 312 g/mol. The van der Waals surface area contributed by atoms with E-state index < -0.39 is 9.84 Å². The first-order valence-electron chi connectivity index (χ1n) is 6.54. The van der Waals surface area contributed by atoms with E-state index in [1.165, 1.54) is 0 Å². The zero-order valence-electron chi connectivity index (χ0n) is 11.5. The smallest absolute Gasteiger partial charge is 0.151 e. The van der Waals surface area contributed by atoms with E-state index in [1.807, 2.05) is 25.1 Å². The summed E-state index contributed by atoms with van der Waals surface area (Å²) >= 11 is 5.95. The van der Waals surface area contributed by atoms with E-state index in [2.05, 4.69) is 10.8 Å². The zero-order valence-corrected chi connectivity index (χ0v) is 13.0. The molecule has 0 aliphatic carbocycles. The highest BCUT2D eigenvalue weighted by molar-refractivity contribution is 7.91. The van der Waals surface area contributed by atoms with Crippen molar-refractivity contribution in [3.8, 4) is 12.3 Å². The fraction of sp³-hybridized carbons (Fsp3) is 0.467. The van der Waals surface area contributed by atoms with E-state index in [0.717, 1.165) is 11.1 Å². The third kappa shape index (κ3) is 3.76. The Hall–Kier alpha value is -1.02. The molecule has 0 saturated carbocycles. The van der Waals surface area contributed by atoms with Gasteiger partial charge in [-0.2, -0.15) is 0 Å². The van der Waals surface area contributed by atoms with Gasteiger partial charge in [-0.05, 0) is 36.6 Å². The van der Waals surface area contributed by atoms with Crippen LogP contribution in [-0.2, 0) is 16.4 Å². The minimum Gasteiger partial charge on any atom is -0.284 e. The van der Waals surface area contributed by atoms with Gasteiger partial charge < -0.3 is 0 Å². The third-order valence-corrected chi connectivity index (χ3v) is 5.68. The van der Waals surface area contributed by atoms with E-state index in [1.54, 1.807) is 0 Å². The van der Waals surface area contributed by atoms with Gasteiger partial charge >= 0.3 is 0 Å². The second-order valence-corrected chi connectivity index (χ2v) is 7.90. The first-order valence-corrected chi connectivity index (χ1v) is 8.74. The predicted octanol–water partition coefficient (Wildman–Crippen LogP) is 2.27. The highest BCUT2D eigenvalue weighted by Gasteiger charge is 2.32. The standard InChI is InChI=1S/C15H18ClNO2S/c1-3-7-17(15-6-8-20(18,19)11-15)10-13-4-5-14(16)9-12(13)2/h1,4-5,9,15H,6-8,10-11H2,2H3/t15-/m1/s1. The van der Waals surface area contributed by atoms with Crippen molar-refractivity contribution in [1.29, 1.82) is 0 Å². The normalized spacial score (nSPS) is 21.0. The lowest BCUT2D eigenvalue weighted by atomic mass is 10.1. The maximum atomic E-state index is 11.6. The Balaban J connectivity index is 2.16. The molecule has 0 unspecified atom stereocenters. The monoisotopic (exact) mass is 311 g/mol. The molecule has 1 aromatic carbocycles. The molecule has 0 amide bonds. The van der Waals surface area contributed by atoms with Crippen molar-refractivity contribution in [3.05, 3.63) is 34.3 Å². The molecule has 1 heterocycles. The number of aryl methyl sites for hydroxylation is 1. The number of terminal acetylenes is 1. The molecule has 1 aromatic rings. The summed E-state index contributed by atoms with van der Waals surface area (Å²) in [6, 6.07) is 5.76. The van der Waals surface area contributed by atoms with Crippen LogP contribution >= 0.6 is 11.6 Å². The molecular formula is C15H18ClNO2S. The summed E-state index contributed by atoms with van der Waals surface area (Å²) in [6.07, 6.45) is 6.08. The van der Waals surface area contributed by atoms with Gasteiger partial charge in [0, 0.05) is 17.6 Å². The molecule has 1 aliphatic rings. The Bertz CT molecular complexity index is 634. The van der Waals surface area contributed by atoms with Gasteiger partial charge in [0.05, 0.1) is 18.1 Å². The predicted molar refractivity (Wildman–Crippen MR) is 82.5 cm³/mol. The van der Waals surface area contributed by atoms with Crippen LogP contribution in [-0.4, -0.2) is 37.4 Å². The molecule has 0 bridgehead atoms. The largest absolute Gasteiger partial charge is 0.284 e. The molecule has 1 atom stereocenters. The molecule has 5 heteroatoms. The van der Waals surface area contributed by atoms with Crippen LogP contribution in [0.15, 0.2) is 18.2 Å². The molecule has 3 nitrogen and oxygen atoms in total. The first kappa shape index (κ1) is 15.4. The van der Waals surface area contributed by atoms with Crippen molar-refractivity contribution in [2.75, 3.05) is 18.1 Å². The van der Waals surface area contributed by atoms with Crippen molar-refractivity contribution in [3.63, 3.8) is 0 Å². The van der Waals surface area contributed by atoms with E-state index in [-0.39, 0.29) is 17.5 Å². The third-order valence-electron chi connectivity index (χ3n) is 3.70. The number of halogens is 1. The molecular weight excluding hydrogens is 294 g/mol. The van der Waals surface area contributed by atoms with Gasteiger partial charge in [0.25, 0.3) is 0 Å². The summed E-state index contributed by atoms with van der Waals surface area (Å²) < 4.78 is 23.2. The van der Waals surface area contributed by atoms with E-state index >= 15 is 0 Å². The average Bonchev–Trinajstić information content (AvgIpc) is 2.72. The number of benzene rings is 1. The lowest BCUT2D eigenvalue weighted by Crippen LogP contribution is -2.36. The lowest BCUT2D eigenvalue weighted by Gasteiger charge is -2.26. The van der Waals surface area contributed by atoms with Crippen molar-refractivity contribution in [1.82, 2.24) is 4.90 Å². The number of hydrogen-bond acceptors (Lipinski definition) is 3. The first-order chi connectivity index (χ1) is 9.41. The molecule has 2 rings (SSSR count). The molecule has 1 aliphatic heterocycles. The van der Waals surface area contributed by atoms with E-state index in [4.69, 9.17) is 18.0 Å². The number of rotatable bonds is 4. The minimum atomic E-state index is -2.90. The minimum absolute atomic E-state index is 0.0196. The van der Waals surface area contributed by atoms with Gasteiger partial charge in [0.1, 0.15) is 0 Å². The van der Waals surface area contributed by atoms with Gasteiger partial charge in [0.2, 0.25) is 0 Å². The molecule has 0 aromatic heterocycles. The van der Waals surface area contributed by atoms with Gasteiger partial charge in [0.15, 0.2) is 9.84 Å². The second kappa shape index (κ2) is 6.17. The zero-order chi connectivity index (χ0) is 14.8. The fourth-order valence-corrected chi connectivity index (χ4v) is 4.54. The molecule has 108 valence electrons. The lowest BCUT2D eigenvalue weighted by molar-refractivity contribution is 0.230. The van der Waals surface area contributed by atoms with Crippen LogP contribution in [0.3, 0.4) is 0 Å². The van der Waals surface area contributed by atoms with Crippen molar-refractivity contribution in [2.45, 2.75) is 25.9 Å². The summed E-state index contributed by atoms with van der Waals surface area (Å²) in [7, 11) is -2.90. The van der Waals surface area contributed by atoms with Crippen LogP contribution in [0.2, 0.25) is 5.02 Å². The number of nitrogens with zero attached hydrogens (tertiary/aromatic N) is 1. The van der Waals surface area contributed by atoms with Crippen LogP contribution in [0.5, 0.6) is 0 Å². The second-order valence-electron chi connectivity index (χ2n) is 5.24. The highest BCUT2D eigenvalue weighted by atomic mass is 35.5. The Morgan fingerprint density at radius 3 is 2.80 bits per heavy atom. The molecule has 1 saturated heterocycles.